The van der Waals surface area contributed by atoms with E-state index < -0.39 is 0 Å². The summed E-state index contributed by atoms with van der Waals surface area (Å²) in [5.74, 6) is 0.833. The van der Waals surface area contributed by atoms with Crippen molar-refractivity contribution >= 4 is 5.96 Å². The lowest BCUT2D eigenvalue weighted by Gasteiger charge is -2.02. The van der Waals surface area contributed by atoms with Crippen molar-refractivity contribution in [2.24, 2.45) is 4.99 Å². The molecule has 4 heteroatoms. The molecule has 0 aliphatic carbocycles. The molecule has 0 bridgehead atoms. The van der Waals surface area contributed by atoms with Crippen molar-refractivity contribution in [3.05, 3.63) is 7.05 Å². The van der Waals surface area contributed by atoms with E-state index >= 15 is 0 Å². The first-order chi connectivity index (χ1) is 3.93. The normalized spacial score (nSPS) is 17.4. The molecule has 0 aromatic heterocycles. The van der Waals surface area contributed by atoms with Gasteiger partial charge in [0, 0.05) is 6.54 Å². The van der Waals surface area contributed by atoms with Gasteiger partial charge in [0.2, 0.25) is 5.96 Å². The highest BCUT2D eigenvalue weighted by Crippen LogP contribution is 1.76. The van der Waals surface area contributed by atoms with E-state index in [2.05, 4.69) is 22.8 Å². The van der Waals surface area contributed by atoms with Crippen molar-refractivity contribution < 1.29 is 5.43 Å². The van der Waals surface area contributed by atoms with Crippen LogP contribution >= 0.6 is 0 Å². The van der Waals surface area contributed by atoms with E-state index in [1.54, 1.807) is 5.43 Å². The molecular formula is C4H10N4. The minimum atomic E-state index is 0.833. The number of quaternary nitrogens is 1. The van der Waals surface area contributed by atoms with E-state index in [4.69, 9.17) is 0 Å². The van der Waals surface area contributed by atoms with Gasteiger partial charge >= 0.3 is 0 Å². The number of hydrogen-bond donors (Lipinski definition) is 3. The second-order valence-electron chi connectivity index (χ2n) is 1.51. The molecule has 46 valence electrons. The lowest BCUT2D eigenvalue weighted by Crippen LogP contribution is -2.89. The van der Waals surface area contributed by atoms with E-state index in [0.29, 0.717) is 0 Å². The van der Waals surface area contributed by atoms with Gasteiger partial charge in [-0.25, -0.2) is 10.4 Å². The van der Waals surface area contributed by atoms with E-state index in [1.807, 2.05) is 0 Å². The first kappa shape index (κ1) is 5.37. The second-order valence-corrected chi connectivity index (χ2v) is 1.51. The van der Waals surface area contributed by atoms with Gasteiger partial charge in [0.15, 0.2) is 0 Å². The Labute approximate surface area is 48.3 Å². The number of guanidine groups is 1. The minimum absolute atomic E-state index is 0.833. The summed E-state index contributed by atoms with van der Waals surface area (Å²) in [6.45, 7) is 1.81. The predicted molar refractivity (Wildman–Crippen MR) is 30.7 cm³/mol. The summed E-state index contributed by atoms with van der Waals surface area (Å²) in [4.78, 5) is 4.05. The fourth-order valence-corrected chi connectivity index (χ4v) is 0.591. The first-order valence-electron chi connectivity index (χ1n) is 2.59. The Balaban J connectivity index is 2.23. The summed E-state index contributed by atoms with van der Waals surface area (Å²) in [5.41, 5.74) is 4.46. The van der Waals surface area contributed by atoms with E-state index in [0.717, 1.165) is 19.0 Å². The Morgan fingerprint density at radius 1 is 1.88 bits per heavy atom. The largest absolute Gasteiger partial charge is 0.372 e. The van der Waals surface area contributed by atoms with Crippen LogP contribution in [0.1, 0.15) is 0 Å². The highest BCUT2D eigenvalue weighted by Gasteiger charge is 2.00. The number of hydrogen-bond acceptors (Lipinski definition) is 3. The highest BCUT2D eigenvalue weighted by atomic mass is 15.4. The van der Waals surface area contributed by atoms with Crippen LogP contribution in [-0.4, -0.2) is 19.0 Å². The fraction of sp³-hybridized carbons (Fsp3) is 0.500. The Kier molecular flexibility index (Phi) is 1.69. The fourth-order valence-electron chi connectivity index (χ4n) is 0.591. The molecule has 1 rings (SSSR count). The summed E-state index contributed by atoms with van der Waals surface area (Å²) in [7, 11) is 3.49. The third kappa shape index (κ3) is 1.10. The topological polar surface area (TPSA) is 53.0 Å². The molecule has 4 nitrogen and oxygen atoms in total. The van der Waals surface area contributed by atoms with Crippen LogP contribution in [-0.2, 0) is 0 Å². The molecular weight excluding hydrogens is 104 g/mol. The zero-order chi connectivity index (χ0) is 5.82. The molecule has 0 atom stereocenters. The number of aliphatic imine (C=N–C) groups is 1. The minimum Gasteiger partial charge on any atom is -0.372 e. The number of nitrogens with two attached hydrogens (primary N) is 1. The molecule has 1 aliphatic rings. The average Bonchev–Trinajstić information content (AvgIpc) is 2.19. The lowest BCUT2D eigenvalue weighted by molar-refractivity contribution is -0.640. The van der Waals surface area contributed by atoms with Gasteiger partial charge in [-0.05, 0) is 0 Å². The van der Waals surface area contributed by atoms with Crippen LogP contribution in [0.25, 0.3) is 0 Å². The maximum Gasteiger partial charge on any atom is 0.235 e. The van der Waals surface area contributed by atoms with E-state index in [9.17, 15) is 0 Å². The van der Waals surface area contributed by atoms with Crippen LogP contribution in [0, 0.1) is 7.05 Å². The summed E-state index contributed by atoms with van der Waals surface area (Å²) in [5, 5.41) is 3.03. The van der Waals surface area contributed by atoms with Crippen molar-refractivity contribution in [3.8, 4) is 0 Å². The summed E-state index contributed by atoms with van der Waals surface area (Å²) < 4.78 is 0. The molecule has 0 saturated heterocycles. The Hall–Kier alpha value is -0.770. The van der Waals surface area contributed by atoms with Crippen LogP contribution in [0.2, 0.25) is 0 Å². The molecule has 0 aromatic carbocycles. The van der Waals surface area contributed by atoms with Crippen LogP contribution < -0.4 is 16.2 Å². The van der Waals surface area contributed by atoms with Gasteiger partial charge in [-0.1, -0.05) is 0 Å². The molecule has 0 spiro atoms. The van der Waals surface area contributed by atoms with Crippen LogP contribution in [0.15, 0.2) is 4.99 Å². The zero-order valence-electron chi connectivity index (χ0n) is 4.65. The Bertz CT molecular complexity index is 98.2. The maximum atomic E-state index is 4.05. The van der Waals surface area contributed by atoms with Crippen molar-refractivity contribution in [3.63, 3.8) is 0 Å². The molecule has 1 aliphatic heterocycles. The van der Waals surface area contributed by atoms with Gasteiger partial charge in [0.25, 0.3) is 0 Å². The molecule has 0 aromatic rings. The monoisotopic (exact) mass is 114 g/mol. The van der Waals surface area contributed by atoms with Crippen molar-refractivity contribution in [2.75, 3.05) is 13.1 Å². The molecule has 0 saturated carbocycles. The SMILES string of the molecule is [CH2-][NH2+]NC1=NCCN1. The molecule has 4 N–H and O–H groups in total. The van der Waals surface area contributed by atoms with Gasteiger partial charge in [-0.15, -0.1) is 7.05 Å². The van der Waals surface area contributed by atoms with E-state index in [1.165, 1.54) is 0 Å². The van der Waals surface area contributed by atoms with Crippen molar-refractivity contribution in [1.82, 2.24) is 10.7 Å². The molecule has 0 amide bonds. The standard InChI is InChI=1S/C4H10N4/c1-5-8-4-6-2-3-7-4/h1-3,5H2,(H2,6,7,8). The average molecular weight is 114 g/mol. The zero-order valence-corrected chi connectivity index (χ0v) is 4.65. The molecule has 0 unspecified atom stereocenters. The molecule has 8 heavy (non-hydrogen) atoms. The Morgan fingerprint density at radius 2 is 2.75 bits per heavy atom. The smallest absolute Gasteiger partial charge is 0.235 e. The van der Waals surface area contributed by atoms with Gasteiger partial charge in [0.1, 0.15) is 0 Å². The third-order valence-electron chi connectivity index (χ3n) is 0.913. The van der Waals surface area contributed by atoms with Crippen molar-refractivity contribution in [1.29, 1.82) is 0 Å². The van der Waals surface area contributed by atoms with Crippen LogP contribution in [0.5, 0.6) is 0 Å². The lowest BCUT2D eigenvalue weighted by atomic mass is 10.7. The van der Waals surface area contributed by atoms with Gasteiger partial charge in [-0.2, -0.15) is 0 Å². The molecule has 0 fully saturated rings. The number of rotatable bonds is 1. The van der Waals surface area contributed by atoms with Crippen molar-refractivity contribution in [2.45, 2.75) is 0 Å². The quantitative estimate of drug-likeness (QED) is 0.206. The van der Waals surface area contributed by atoms with Gasteiger partial charge in [-0.3, -0.25) is 0 Å². The summed E-state index contributed by atoms with van der Waals surface area (Å²) in [6.07, 6.45) is 0. The summed E-state index contributed by atoms with van der Waals surface area (Å²) in [6, 6.07) is 0. The number of nitrogens with one attached hydrogen (secondary N) is 2. The highest BCUT2D eigenvalue weighted by molar-refractivity contribution is 5.79. The van der Waals surface area contributed by atoms with E-state index in [-0.39, 0.29) is 0 Å². The van der Waals surface area contributed by atoms with Crippen LogP contribution in [0.3, 0.4) is 0 Å². The molecule has 1 heterocycles. The first-order valence-corrected chi connectivity index (χ1v) is 2.59. The molecule has 0 radical (unpaired) electrons. The summed E-state index contributed by atoms with van der Waals surface area (Å²) >= 11 is 0. The predicted octanol–water partition coefficient (Wildman–Crippen LogP) is -2.19. The maximum absolute atomic E-state index is 4.05. The van der Waals surface area contributed by atoms with Gasteiger partial charge in [0.05, 0.1) is 6.54 Å². The second kappa shape index (κ2) is 2.52. The number of nitrogens with zero attached hydrogens (tertiary/aromatic N) is 1. The van der Waals surface area contributed by atoms with Gasteiger partial charge < -0.3 is 10.7 Å². The van der Waals surface area contributed by atoms with Crippen LogP contribution in [0.4, 0.5) is 0 Å². The Morgan fingerprint density at radius 3 is 3.25 bits per heavy atom. The third-order valence-corrected chi connectivity index (χ3v) is 0.913.